The number of aryl methyl sites for hydroxylation is 1. The molecule has 0 spiro atoms. The summed E-state index contributed by atoms with van der Waals surface area (Å²) in [5, 5.41) is 3.94. The van der Waals surface area contributed by atoms with Crippen LogP contribution in [0.1, 0.15) is 15.2 Å². The van der Waals surface area contributed by atoms with E-state index in [9.17, 15) is 9.59 Å². The lowest BCUT2D eigenvalue weighted by Crippen LogP contribution is -2.24. The minimum absolute atomic E-state index is 0.0360. The van der Waals surface area contributed by atoms with Gasteiger partial charge in [0.15, 0.2) is 12.2 Å². The van der Waals surface area contributed by atoms with Gasteiger partial charge in [-0.3, -0.25) is 10.0 Å². The third kappa shape index (κ3) is 5.81. The summed E-state index contributed by atoms with van der Waals surface area (Å²) in [4.78, 5) is 40.4. The number of ether oxygens (including phenoxy) is 3. The van der Waals surface area contributed by atoms with Crippen molar-refractivity contribution in [2.24, 2.45) is 0 Å². The zero-order valence-electron chi connectivity index (χ0n) is 15.1. The van der Waals surface area contributed by atoms with Gasteiger partial charge in [-0.15, -0.1) is 20.7 Å². The van der Waals surface area contributed by atoms with Crippen LogP contribution in [0.25, 0.3) is 0 Å². The first-order valence-electron chi connectivity index (χ1n) is 7.31. The average Bonchev–Trinajstić information content (AvgIpc) is 3.07. The normalized spacial score (nSPS) is 10.1. The molecule has 2 rings (SSSR count). The Balaban J connectivity index is 1.78. The number of esters is 1. The molecule has 0 bridgehead atoms. The summed E-state index contributed by atoms with van der Waals surface area (Å²) < 4.78 is 21.4. The van der Waals surface area contributed by atoms with Crippen molar-refractivity contribution in [1.29, 1.82) is 0 Å². The summed E-state index contributed by atoms with van der Waals surface area (Å²) in [6.07, 6.45) is 0. The highest BCUT2D eigenvalue weighted by Gasteiger charge is 2.17. The largest absolute Gasteiger partial charge is 0.467 e. The Morgan fingerprint density at radius 2 is 1.79 bits per heavy atom. The van der Waals surface area contributed by atoms with E-state index in [-0.39, 0.29) is 18.0 Å². The molecule has 0 aliphatic heterocycles. The first kappa shape index (κ1) is 21.4. The van der Waals surface area contributed by atoms with Crippen molar-refractivity contribution in [2.75, 3.05) is 32.1 Å². The van der Waals surface area contributed by atoms with Crippen molar-refractivity contribution in [3.63, 3.8) is 0 Å². The molecule has 0 aliphatic rings. The summed E-state index contributed by atoms with van der Waals surface area (Å²) in [5.41, 5.74) is 3.15. The van der Waals surface area contributed by atoms with Crippen LogP contribution in [-0.4, -0.2) is 48.3 Å². The highest BCUT2D eigenvalue weighted by molar-refractivity contribution is 7.93. The Bertz CT molecular complexity index is 811. The van der Waals surface area contributed by atoms with Crippen molar-refractivity contribution >= 4 is 47.2 Å². The van der Waals surface area contributed by atoms with Crippen LogP contribution in [-0.2, 0) is 14.1 Å². The number of hydrogen-bond acceptors (Lipinski definition) is 13. The Morgan fingerprint density at radius 1 is 1.11 bits per heavy atom. The van der Waals surface area contributed by atoms with Gasteiger partial charge in [-0.2, -0.15) is 9.97 Å². The van der Waals surface area contributed by atoms with Crippen molar-refractivity contribution in [2.45, 2.75) is 6.92 Å². The molecule has 152 valence electrons. The summed E-state index contributed by atoms with van der Waals surface area (Å²) >= 11 is 1.78. The quantitative estimate of drug-likeness (QED) is 0.132. The van der Waals surface area contributed by atoms with Gasteiger partial charge in [0.25, 0.3) is 0 Å². The fourth-order valence-electron chi connectivity index (χ4n) is 1.68. The standard InChI is InChI=1S/C13H16N6O7S2/c1-6-8(7(5-27-6)9(20)22-2)18-25-26-28-19-11(21)14-10-15-12(23-3)17-13(16-10)24-4/h5,18H,1-4H3,(H2,14,15,16,17,19,21). The molecule has 0 saturated carbocycles. The van der Waals surface area contributed by atoms with E-state index >= 15 is 0 Å². The molecule has 2 aromatic heterocycles. The first-order valence-corrected chi connectivity index (χ1v) is 8.93. The van der Waals surface area contributed by atoms with E-state index in [1.54, 1.807) is 12.3 Å². The second-order valence-electron chi connectivity index (χ2n) is 4.60. The van der Waals surface area contributed by atoms with Gasteiger partial charge in [-0.05, 0) is 6.92 Å². The maximum atomic E-state index is 11.8. The zero-order chi connectivity index (χ0) is 20.5. The lowest BCUT2D eigenvalue weighted by atomic mass is 10.2. The zero-order valence-corrected chi connectivity index (χ0v) is 16.7. The number of amides is 2. The molecule has 2 aromatic rings. The molecule has 2 amide bonds. The molecule has 3 N–H and O–H groups in total. The molecule has 0 fully saturated rings. The van der Waals surface area contributed by atoms with Crippen LogP contribution in [0.4, 0.5) is 16.4 Å². The van der Waals surface area contributed by atoms with Gasteiger partial charge in [-0.1, -0.05) is 4.99 Å². The summed E-state index contributed by atoms with van der Waals surface area (Å²) in [6.45, 7) is 1.78. The molecule has 13 nitrogen and oxygen atoms in total. The van der Waals surface area contributed by atoms with Crippen LogP contribution in [0, 0.1) is 6.92 Å². The van der Waals surface area contributed by atoms with E-state index in [1.165, 1.54) is 32.7 Å². The molecule has 0 aromatic carbocycles. The van der Waals surface area contributed by atoms with Gasteiger partial charge in [0.1, 0.15) is 0 Å². The molecular weight excluding hydrogens is 416 g/mol. The lowest BCUT2D eigenvalue weighted by Gasteiger charge is -2.08. The number of carbonyl (C=O) groups excluding carboxylic acids is 2. The van der Waals surface area contributed by atoms with E-state index in [1.807, 2.05) is 0 Å². The first-order chi connectivity index (χ1) is 13.5. The summed E-state index contributed by atoms with van der Waals surface area (Å²) in [5.74, 6) is -0.624. The number of anilines is 2. The lowest BCUT2D eigenvalue weighted by molar-refractivity contribution is -0.161. The Morgan fingerprint density at radius 3 is 2.39 bits per heavy atom. The number of rotatable bonds is 9. The summed E-state index contributed by atoms with van der Waals surface area (Å²) in [6, 6.07) is -0.789. The molecule has 15 heteroatoms. The van der Waals surface area contributed by atoms with Crippen molar-refractivity contribution < 1.29 is 33.1 Å². The van der Waals surface area contributed by atoms with E-state index in [0.717, 1.165) is 4.88 Å². The van der Waals surface area contributed by atoms with Crippen LogP contribution >= 0.6 is 23.6 Å². The average molecular weight is 432 g/mol. The highest BCUT2D eigenvalue weighted by Crippen LogP contribution is 2.28. The van der Waals surface area contributed by atoms with Crippen LogP contribution in [0.2, 0.25) is 0 Å². The fourth-order valence-corrected chi connectivity index (χ4v) is 2.68. The third-order valence-corrected chi connectivity index (χ3v) is 4.23. The van der Waals surface area contributed by atoms with Gasteiger partial charge in [0, 0.05) is 10.3 Å². The Labute approximate surface area is 167 Å². The second kappa shape index (κ2) is 10.5. The van der Waals surface area contributed by atoms with Crippen molar-refractivity contribution in [3.8, 4) is 12.0 Å². The van der Waals surface area contributed by atoms with Gasteiger partial charge in [0.2, 0.25) is 5.95 Å². The maximum absolute atomic E-state index is 11.8. The molecule has 0 aliphatic carbocycles. The third-order valence-electron chi connectivity index (χ3n) is 2.91. The van der Waals surface area contributed by atoms with Crippen molar-refractivity contribution in [3.05, 3.63) is 15.8 Å². The SMILES string of the molecule is COC(=O)c1csc(C)c1NOOSNC(=O)Nc1nc(OC)nc(OC)n1. The van der Waals surface area contributed by atoms with Crippen LogP contribution < -0.4 is 25.0 Å². The van der Waals surface area contributed by atoms with E-state index in [4.69, 9.17) is 18.8 Å². The Kier molecular flexibility index (Phi) is 8.00. The van der Waals surface area contributed by atoms with Gasteiger partial charge < -0.3 is 14.2 Å². The predicted octanol–water partition coefficient (Wildman–Crippen LogP) is 1.71. The minimum Gasteiger partial charge on any atom is -0.467 e. The molecule has 0 atom stereocenters. The highest BCUT2D eigenvalue weighted by atomic mass is 32.2. The fraction of sp³-hybridized carbons (Fsp3) is 0.308. The van der Waals surface area contributed by atoms with Gasteiger partial charge in [0.05, 0.1) is 32.6 Å². The summed E-state index contributed by atoms with van der Waals surface area (Å²) in [7, 11) is 3.98. The van der Waals surface area contributed by atoms with E-state index in [0.29, 0.717) is 23.5 Å². The number of methoxy groups -OCH3 is 3. The molecule has 0 saturated heterocycles. The van der Waals surface area contributed by atoms with Gasteiger partial charge >= 0.3 is 24.0 Å². The van der Waals surface area contributed by atoms with E-state index in [2.05, 4.69) is 35.2 Å². The maximum Gasteiger partial charge on any atom is 0.340 e. The molecule has 28 heavy (non-hydrogen) atoms. The smallest absolute Gasteiger partial charge is 0.340 e. The monoisotopic (exact) mass is 432 g/mol. The number of carbonyl (C=O) groups is 2. The second-order valence-corrected chi connectivity index (χ2v) is 6.19. The number of hydrogen-bond donors (Lipinski definition) is 3. The van der Waals surface area contributed by atoms with Crippen molar-refractivity contribution in [1.82, 2.24) is 19.7 Å². The topological polar surface area (TPSA) is 155 Å². The molecule has 2 heterocycles. The predicted molar refractivity (Wildman–Crippen MR) is 98.9 cm³/mol. The molecule has 0 radical (unpaired) electrons. The number of urea groups is 1. The minimum atomic E-state index is -0.717. The number of nitrogens with zero attached hydrogens (tertiary/aromatic N) is 3. The van der Waals surface area contributed by atoms with Gasteiger partial charge in [-0.25, -0.2) is 15.1 Å². The molecular formula is C13H16N6O7S2. The number of aromatic nitrogens is 3. The van der Waals surface area contributed by atoms with Crippen LogP contribution in [0.15, 0.2) is 5.38 Å². The number of thiophene rings is 1. The molecule has 0 unspecified atom stereocenters. The Hall–Kier alpha value is -2.88. The number of nitrogens with one attached hydrogen (secondary N) is 3. The van der Waals surface area contributed by atoms with Crippen LogP contribution in [0.5, 0.6) is 12.0 Å². The van der Waals surface area contributed by atoms with Crippen LogP contribution in [0.3, 0.4) is 0 Å². The van der Waals surface area contributed by atoms with E-state index < -0.39 is 12.0 Å².